The summed E-state index contributed by atoms with van der Waals surface area (Å²) in [5.41, 5.74) is 2.66. The van der Waals surface area contributed by atoms with Crippen molar-refractivity contribution < 1.29 is 9.53 Å². The highest BCUT2D eigenvalue weighted by molar-refractivity contribution is 7.98. The fourth-order valence-corrected chi connectivity index (χ4v) is 4.31. The Morgan fingerprint density at radius 3 is 2.58 bits per heavy atom. The number of aromatic nitrogens is 3. The zero-order valence-corrected chi connectivity index (χ0v) is 19.6. The monoisotopic (exact) mass is 458 g/mol. The maximum atomic E-state index is 12.4. The van der Waals surface area contributed by atoms with Crippen molar-refractivity contribution in [3.63, 3.8) is 0 Å². The van der Waals surface area contributed by atoms with Crippen LogP contribution in [0.25, 0.3) is 11.4 Å². The van der Waals surface area contributed by atoms with Gasteiger partial charge in [-0.1, -0.05) is 54.6 Å². The molecule has 3 aromatic rings. The van der Waals surface area contributed by atoms with Crippen LogP contribution in [0.2, 0.25) is 5.02 Å². The van der Waals surface area contributed by atoms with Crippen molar-refractivity contribution in [2.45, 2.75) is 30.8 Å². The molecule has 0 fully saturated rings. The molecule has 31 heavy (non-hydrogen) atoms. The Bertz CT molecular complexity index is 1010. The van der Waals surface area contributed by atoms with E-state index in [0.29, 0.717) is 29.5 Å². The number of amides is 1. The summed E-state index contributed by atoms with van der Waals surface area (Å²) in [5.74, 6) is 1.49. The Kier molecular flexibility index (Phi) is 8.51. The van der Waals surface area contributed by atoms with Gasteiger partial charge in [-0.2, -0.15) is 0 Å². The van der Waals surface area contributed by atoms with Crippen molar-refractivity contribution in [1.29, 1.82) is 0 Å². The van der Waals surface area contributed by atoms with Crippen LogP contribution in [0.5, 0.6) is 0 Å². The summed E-state index contributed by atoms with van der Waals surface area (Å²) in [5, 5.41) is 10.2. The zero-order valence-electron chi connectivity index (χ0n) is 18.0. The van der Waals surface area contributed by atoms with Crippen LogP contribution in [-0.4, -0.2) is 52.9 Å². The molecule has 0 spiro atoms. The van der Waals surface area contributed by atoms with E-state index in [9.17, 15) is 4.79 Å². The molecule has 8 heteroatoms. The normalized spacial score (nSPS) is 11.0. The van der Waals surface area contributed by atoms with E-state index in [2.05, 4.69) is 17.1 Å². The first-order valence-corrected chi connectivity index (χ1v) is 11.6. The molecular weight excluding hydrogens is 432 g/mol. The number of halogens is 1. The lowest BCUT2D eigenvalue weighted by molar-refractivity contribution is 0.0795. The predicted molar refractivity (Wildman–Crippen MR) is 126 cm³/mol. The van der Waals surface area contributed by atoms with Gasteiger partial charge in [0.1, 0.15) is 0 Å². The van der Waals surface area contributed by atoms with Gasteiger partial charge in [0.2, 0.25) is 0 Å². The number of ether oxygens (including phenoxy) is 1. The van der Waals surface area contributed by atoms with Crippen LogP contribution in [0.3, 0.4) is 0 Å². The van der Waals surface area contributed by atoms with Crippen LogP contribution >= 0.6 is 23.4 Å². The number of hydrogen-bond acceptors (Lipinski definition) is 5. The number of methoxy groups -OCH3 is 1. The first-order chi connectivity index (χ1) is 15.0. The molecule has 3 rings (SSSR count). The van der Waals surface area contributed by atoms with E-state index >= 15 is 0 Å². The first kappa shape index (κ1) is 23.3. The third-order valence-corrected chi connectivity index (χ3v) is 6.19. The van der Waals surface area contributed by atoms with Gasteiger partial charge < -0.3 is 9.64 Å². The van der Waals surface area contributed by atoms with Crippen molar-refractivity contribution in [3.8, 4) is 11.4 Å². The molecule has 0 atom stereocenters. The van der Waals surface area contributed by atoms with Gasteiger partial charge in [-0.15, -0.1) is 10.2 Å². The average Bonchev–Trinajstić information content (AvgIpc) is 3.19. The van der Waals surface area contributed by atoms with Crippen LogP contribution in [0.4, 0.5) is 0 Å². The molecule has 0 saturated carbocycles. The molecule has 2 aromatic carbocycles. The van der Waals surface area contributed by atoms with Gasteiger partial charge in [0.15, 0.2) is 11.0 Å². The van der Waals surface area contributed by atoms with E-state index in [1.54, 1.807) is 23.8 Å². The van der Waals surface area contributed by atoms with E-state index in [4.69, 9.17) is 16.3 Å². The van der Waals surface area contributed by atoms with E-state index in [1.807, 2.05) is 60.1 Å². The minimum Gasteiger partial charge on any atom is -0.383 e. The van der Waals surface area contributed by atoms with Gasteiger partial charge in [0.05, 0.1) is 18.2 Å². The second-order valence-corrected chi connectivity index (χ2v) is 8.49. The van der Waals surface area contributed by atoms with Crippen molar-refractivity contribution in [3.05, 3.63) is 64.7 Å². The van der Waals surface area contributed by atoms with Gasteiger partial charge in [-0.05, 0) is 36.2 Å². The molecule has 0 unspecified atom stereocenters. The highest BCUT2D eigenvalue weighted by atomic mass is 35.5. The topological polar surface area (TPSA) is 60.2 Å². The molecule has 0 N–H and O–H groups in total. The third kappa shape index (κ3) is 5.87. The number of hydrogen-bond donors (Lipinski definition) is 0. The van der Waals surface area contributed by atoms with E-state index in [0.717, 1.165) is 35.1 Å². The van der Waals surface area contributed by atoms with Crippen LogP contribution < -0.4 is 0 Å². The molecule has 0 aliphatic rings. The molecule has 0 bridgehead atoms. The molecule has 0 aliphatic heterocycles. The molecule has 0 radical (unpaired) electrons. The summed E-state index contributed by atoms with van der Waals surface area (Å²) in [6.45, 7) is 3.99. The van der Waals surface area contributed by atoms with E-state index < -0.39 is 0 Å². The maximum Gasteiger partial charge on any atom is 0.253 e. The second-order valence-electron chi connectivity index (χ2n) is 7.14. The largest absolute Gasteiger partial charge is 0.383 e. The predicted octanol–water partition coefficient (Wildman–Crippen LogP) is 5.02. The Morgan fingerprint density at radius 1 is 1.16 bits per heavy atom. The summed E-state index contributed by atoms with van der Waals surface area (Å²) in [6.07, 6.45) is 0.941. The van der Waals surface area contributed by atoms with Gasteiger partial charge in [0.25, 0.3) is 5.91 Å². The Labute approximate surface area is 192 Å². The SMILES string of the molecule is CCCN(C)C(=O)c1ccc(CSc2nnc(-c3ccccc3Cl)n2CCOC)cc1. The van der Waals surface area contributed by atoms with Crippen LogP contribution in [0, 0.1) is 0 Å². The fourth-order valence-electron chi connectivity index (χ4n) is 3.17. The number of benzene rings is 2. The van der Waals surface area contributed by atoms with Crippen molar-refractivity contribution >= 4 is 29.3 Å². The second kappa shape index (κ2) is 11.3. The quantitative estimate of drug-likeness (QED) is 0.399. The van der Waals surface area contributed by atoms with Crippen LogP contribution in [0.1, 0.15) is 29.3 Å². The molecule has 1 heterocycles. The minimum atomic E-state index is 0.0461. The van der Waals surface area contributed by atoms with Gasteiger partial charge in [-0.3, -0.25) is 9.36 Å². The fraction of sp³-hybridized carbons (Fsp3) is 0.348. The molecule has 0 saturated heterocycles. The zero-order chi connectivity index (χ0) is 22.2. The minimum absolute atomic E-state index is 0.0461. The Hall–Kier alpha value is -2.35. The summed E-state index contributed by atoms with van der Waals surface area (Å²) >= 11 is 7.98. The highest BCUT2D eigenvalue weighted by Gasteiger charge is 2.17. The highest BCUT2D eigenvalue weighted by Crippen LogP contribution is 2.30. The summed E-state index contributed by atoms with van der Waals surface area (Å²) in [7, 11) is 3.51. The molecule has 1 aromatic heterocycles. The number of carbonyl (C=O) groups excluding carboxylic acids is 1. The lowest BCUT2D eigenvalue weighted by Crippen LogP contribution is -2.27. The first-order valence-electron chi connectivity index (χ1n) is 10.2. The van der Waals surface area contributed by atoms with Crippen molar-refractivity contribution in [2.24, 2.45) is 0 Å². The number of thioether (sulfide) groups is 1. The molecule has 0 aliphatic carbocycles. The average molecular weight is 459 g/mol. The third-order valence-electron chi connectivity index (χ3n) is 4.83. The Morgan fingerprint density at radius 2 is 1.90 bits per heavy atom. The van der Waals surface area contributed by atoms with Crippen molar-refractivity contribution in [1.82, 2.24) is 19.7 Å². The van der Waals surface area contributed by atoms with Crippen molar-refractivity contribution in [2.75, 3.05) is 27.3 Å². The maximum absolute atomic E-state index is 12.4. The van der Waals surface area contributed by atoms with Gasteiger partial charge in [-0.25, -0.2) is 0 Å². The molecular formula is C23H27ClN4O2S. The molecule has 6 nitrogen and oxygen atoms in total. The van der Waals surface area contributed by atoms with Crippen LogP contribution in [-0.2, 0) is 17.0 Å². The number of rotatable bonds is 10. The molecule has 164 valence electrons. The smallest absolute Gasteiger partial charge is 0.253 e. The lowest BCUT2D eigenvalue weighted by atomic mass is 10.1. The number of carbonyl (C=O) groups is 1. The number of nitrogens with zero attached hydrogens (tertiary/aromatic N) is 4. The van der Waals surface area contributed by atoms with Gasteiger partial charge >= 0.3 is 0 Å². The summed E-state index contributed by atoms with van der Waals surface area (Å²) in [6, 6.07) is 15.4. The standard InChI is InChI=1S/C23H27ClN4O2S/c1-4-13-27(2)22(29)18-11-9-17(10-12-18)16-31-23-26-25-21(28(23)14-15-30-3)19-7-5-6-8-20(19)24/h5-12H,4,13-16H2,1-3H3. The summed E-state index contributed by atoms with van der Waals surface area (Å²) < 4.78 is 7.31. The Balaban J connectivity index is 1.74. The van der Waals surface area contributed by atoms with Crippen LogP contribution in [0.15, 0.2) is 53.7 Å². The van der Waals surface area contributed by atoms with Gasteiger partial charge in [0, 0.05) is 37.6 Å². The lowest BCUT2D eigenvalue weighted by Gasteiger charge is -2.16. The van der Waals surface area contributed by atoms with E-state index in [-0.39, 0.29) is 5.91 Å². The summed E-state index contributed by atoms with van der Waals surface area (Å²) in [4.78, 5) is 14.2. The molecule has 1 amide bonds. The van der Waals surface area contributed by atoms with E-state index in [1.165, 1.54) is 0 Å².